The van der Waals surface area contributed by atoms with E-state index in [0.29, 0.717) is 10.6 Å². The second-order valence-corrected chi connectivity index (χ2v) is 3.12. The quantitative estimate of drug-likeness (QED) is 0.670. The molecule has 0 fully saturated rings. The summed E-state index contributed by atoms with van der Waals surface area (Å²) in [4.78, 5) is 10.3. The smallest absolute Gasteiger partial charge is 0.212 e. The highest BCUT2D eigenvalue weighted by Gasteiger charge is 2.01. The Labute approximate surface area is 72.1 Å². The van der Waals surface area contributed by atoms with E-state index in [-0.39, 0.29) is 0 Å². The van der Waals surface area contributed by atoms with Crippen LogP contribution in [0, 0.1) is 4.91 Å². The van der Waals surface area contributed by atoms with Crippen LogP contribution >= 0.6 is 0 Å². The number of rotatable bonds is 3. The zero-order valence-corrected chi connectivity index (χ0v) is 7.21. The van der Waals surface area contributed by atoms with Crippen molar-refractivity contribution in [1.29, 1.82) is 0 Å². The molecule has 0 saturated heterocycles. The highest BCUT2D eigenvalue weighted by molar-refractivity contribution is 7.83. The molecule has 1 unspecified atom stereocenters. The minimum absolute atomic E-state index is 0.380. The zero-order chi connectivity index (χ0) is 8.97. The fourth-order valence-electron chi connectivity index (χ4n) is 0.735. The van der Waals surface area contributed by atoms with Gasteiger partial charge in [0, 0.05) is 4.58 Å². The standard InChI is InChI=1S/C7H7NO3S/c1-11-6-2-4-7(5-3-6)12(10)8-9/h2-5H,1H3. The maximum atomic E-state index is 10.8. The van der Waals surface area contributed by atoms with Crippen LogP contribution in [-0.4, -0.2) is 11.3 Å². The third-order valence-electron chi connectivity index (χ3n) is 1.33. The van der Waals surface area contributed by atoms with Gasteiger partial charge in [-0.1, -0.05) is 0 Å². The lowest BCUT2D eigenvalue weighted by atomic mass is 10.3. The normalized spacial score (nSPS) is 12.1. The van der Waals surface area contributed by atoms with E-state index in [0.717, 1.165) is 0 Å². The summed E-state index contributed by atoms with van der Waals surface area (Å²) in [5.41, 5.74) is 0. The zero-order valence-electron chi connectivity index (χ0n) is 6.39. The summed E-state index contributed by atoms with van der Waals surface area (Å²) in [5, 5.41) is 0. The Hall–Kier alpha value is -1.23. The first-order valence-electron chi connectivity index (χ1n) is 3.17. The molecule has 0 heterocycles. The largest absolute Gasteiger partial charge is 0.497 e. The molecular formula is C7H7NO3S. The molecule has 4 nitrogen and oxygen atoms in total. The Balaban J connectivity index is 2.91. The van der Waals surface area contributed by atoms with Crippen molar-refractivity contribution in [1.82, 2.24) is 0 Å². The van der Waals surface area contributed by atoms with Crippen LogP contribution in [0.3, 0.4) is 0 Å². The molecule has 0 aliphatic heterocycles. The number of benzene rings is 1. The Morgan fingerprint density at radius 1 is 1.33 bits per heavy atom. The maximum Gasteiger partial charge on any atom is 0.212 e. The van der Waals surface area contributed by atoms with Gasteiger partial charge in [-0.25, -0.2) is 4.21 Å². The van der Waals surface area contributed by atoms with Crippen molar-refractivity contribution in [3.63, 3.8) is 0 Å². The van der Waals surface area contributed by atoms with Crippen LogP contribution in [0.2, 0.25) is 0 Å². The first kappa shape index (κ1) is 8.86. The Kier molecular flexibility index (Phi) is 2.93. The Morgan fingerprint density at radius 3 is 2.33 bits per heavy atom. The molecule has 0 aromatic heterocycles. The van der Waals surface area contributed by atoms with Gasteiger partial charge in [0.25, 0.3) is 0 Å². The van der Waals surface area contributed by atoms with Gasteiger partial charge in [-0.15, -0.1) is 4.91 Å². The van der Waals surface area contributed by atoms with Crippen molar-refractivity contribution >= 4 is 11.0 Å². The monoisotopic (exact) mass is 185 g/mol. The lowest BCUT2D eigenvalue weighted by Crippen LogP contribution is -1.86. The molecule has 1 aromatic rings. The molecule has 1 atom stereocenters. The van der Waals surface area contributed by atoms with Crippen molar-refractivity contribution in [3.05, 3.63) is 29.2 Å². The molecule has 1 aromatic carbocycles. The predicted molar refractivity (Wildman–Crippen MR) is 45.2 cm³/mol. The van der Waals surface area contributed by atoms with Gasteiger partial charge in [0.2, 0.25) is 11.0 Å². The lowest BCUT2D eigenvalue weighted by molar-refractivity contribution is 0.414. The lowest BCUT2D eigenvalue weighted by Gasteiger charge is -1.98. The highest BCUT2D eigenvalue weighted by Crippen LogP contribution is 2.14. The van der Waals surface area contributed by atoms with Crippen LogP contribution in [0.25, 0.3) is 0 Å². The van der Waals surface area contributed by atoms with E-state index < -0.39 is 11.0 Å². The molecule has 0 N–H and O–H groups in total. The highest BCUT2D eigenvalue weighted by atomic mass is 32.2. The van der Waals surface area contributed by atoms with Gasteiger partial charge < -0.3 is 4.74 Å². The molecule has 0 amide bonds. The van der Waals surface area contributed by atoms with Crippen LogP contribution in [0.15, 0.2) is 33.7 Å². The van der Waals surface area contributed by atoms with Crippen molar-refractivity contribution in [2.45, 2.75) is 4.90 Å². The van der Waals surface area contributed by atoms with Gasteiger partial charge in [-0.2, -0.15) is 0 Å². The summed E-state index contributed by atoms with van der Waals surface area (Å²) in [6.07, 6.45) is 0. The summed E-state index contributed by atoms with van der Waals surface area (Å²) in [5.74, 6) is 0.654. The first-order chi connectivity index (χ1) is 5.77. The molecule has 0 saturated carbocycles. The Bertz CT molecular complexity index is 296. The van der Waals surface area contributed by atoms with E-state index in [1.807, 2.05) is 0 Å². The van der Waals surface area contributed by atoms with E-state index in [2.05, 4.69) is 4.58 Å². The third-order valence-corrected chi connectivity index (χ3v) is 2.14. The molecule has 5 heteroatoms. The number of hydrogen-bond donors (Lipinski definition) is 0. The van der Waals surface area contributed by atoms with Gasteiger partial charge in [0.15, 0.2) is 0 Å². The van der Waals surface area contributed by atoms with Gasteiger partial charge in [0.05, 0.1) is 12.0 Å². The van der Waals surface area contributed by atoms with Crippen LogP contribution in [0.1, 0.15) is 0 Å². The second-order valence-electron chi connectivity index (χ2n) is 2.00. The minimum Gasteiger partial charge on any atom is -0.497 e. The summed E-state index contributed by atoms with van der Waals surface area (Å²) < 4.78 is 18.1. The van der Waals surface area contributed by atoms with E-state index in [1.165, 1.54) is 19.2 Å². The van der Waals surface area contributed by atoms with Crippen LogP contribution in [-0.2, 0) is 11.0 Å². The van der Waals surface area contributed by atoms with Gasteiger partial charge in [-0.05, 0) is 24.3 Å². The number of methoxy groups -OCH3 is 1. The molecule has 0 bridgehead atoms. The van der Waals surface area contributed by atoms with Crippen LogP contribution in [0.5, 0.6) is 5.75 Å². The molecule has 1 rings (SSSR count). The topological polar surface area (TPSA) is 55.7 Å². The summed E-state index contributed by atoms with van der Waals surface area (Å²) >= 11 is 0. The van der Waals surface area contributed by atoms with E-state index in [4.69, 9.17) is 4.74 Å². The van der Waals surface area contributed by atoms with Crippen LogP contribution < -0.4 is 4.74 Å². The molecular weight excluding hydrogens is 178 g/mol. The van der Waals surface area contributed by atoms with Gasteiger partial charge in [-0.3, -0.25) is 0 Å². The number of hydrogen-bond acceptors (Lipinski definition) is 3. The van der Waals surface area contributed by atoms with E-state index in [9.17, 15) is 9.12 Å². The number of ether oxygens (including phenoxy) is 1. The average molecular weight is 185 g/mol. The van der Waals surface area contributed by atoms with Crippen molar-refractivity contribution in [3.8, 4) is 5.75 Å². The molecule has 12 heavy (non-hydrogen) atoms. The average Bonchev–Trinajstić information content (AvgIpc) is 2.17. The van der Waals surface area contributed by atoms with E-state index >= 15 is 0 Å². The molecule has 0 aliphatic carbocycles. The molecule has 64 valence electrons. The maximum absolute atomic E-state index is 10.8. The van der Waals surface area contributed by atoms with Crippen molar-refractivity contribution in [2.75, 3.05) is 7.11 Å². The van der Waals surface area contributed by atoms with Crippen molar-refractivity contribution < 1.29 is 8.95 Å². The molecule has 0 radical (unpaired) electrons. The summed E-state index contributed by atoms with van der Waals surface area (Å²) in [7, 11) is -0.255. The summed E-state index contributed by atoms with van der Waals surface area (Å²) in [6, 6.07) is 6.32. The third kappa shape index (κ3) is 1.88. The van der Waals surface area contributed by atoms with E-state index in [1.54, 1.807) is 12.1 Å². The minimum atomic E-state index is -1.79. The first-order valence-corrected chi connectivity index (χ1v) is 4.28. The number of nitroso groups, excluding NO2 is 1. The molecule has 0 spiro atoms. The van der Waals surface area contributed by atoms with Gasteiger partial charge in [0.1, 0.15) is 5.75 Å². The Morgan fingerprint density at radius 2 is 1.92 bits per heavy atom. The van der Waals surface area contributed by atoms with Crippen molar-refractivity contribution in [2.24, 2.45) is 4.58 Å². The second kappa shape index (κ2) is 3.96. The van der Waals surface area contributed by atoms with Crippen LogP contribution in [0.4, 0.5) is 0 Å². The summed E-state index contributed by atoms with van der Waals surface area (Å²) in [6.45, 7) is 0. The number of nitrogens with zero attached hydrogens (tertiary/aromatic N) is 1. The molecule has 0 aliphatic rings. The SMILES string of the molecule is COc1ccc(S(=O)N=O)cc1. The fraction of sp³-hybridized carbons (Fsp3) is 0.143. The predicted octanol–water partition coefficient (Wildman–Crippen LogP) is 1.48. The fourth-order valence-corrected chi connectivity index (χ4v) is 1.19. The van der Waals surface area contributed by atoms with Gasteiger partial charge >= 0.3 is 0 Å².